The van der Waals surface area contributed by atoms with Gasteiger partial charge in [0.1, 0.15) is 10.5 Å². The van der Waals surface area contributed by atoms with Crippen LogP contribution in [0.3, 0.4) is 0 Å². The highest BCUT2D eigenvalue weighted by Crippen LogP contribution is 2.23. The lowest BCUT2D eigenvalue weighted by Gasteiger charge is -2.09. The summed E-state index contributed by atoms with van der Waals surface area (Å²) >= 11 is 5.15. The second kappa shape index (κ2) is 4.94. The van der Waals surface area contributed by atoms with Crippen molar-refractivity contribution in [3.63, 3.8) is 0 Å². The number of nitrogens with zero attached hydrogens (tertiary/aromatic N) is 1. The number of aryl methyl sites for hydroxylation is 1. The van der Waals surface area contributed by atoms with Gasteiger partial charge in [-0.05, 0) is 25.1 Å². The molecule has 0 unspecified atom stereocenters. The number of hydrogen-bond donors (Lipinski definition) is 1. The number of aromatic nitrogens is 2. The maximum atomic E-state index is 13.2. The first-order chi connectivity index (χ1) is 8.52. The fourth-order valence-corrected chi connectivity index (χ4v) is 1.90. The minimum Gasteiger partial charge on any atom is -0.343 e. The molecule has 0 saturated carbocycles. The second-order valence-electron chi connectivity index (χ2n) is 3.97. The fourth-order valence-electron chi connectivity index (χ4n) is 1.69. The van der Waals surface area contributed by atoms with Crippen LogP contribution in [0, 0.1) is 23.2 Å². The van der Waals surface area contributed by atoms with Gasteiger partial charge in [0.15, 0.2) is 11.6 Å². The van der Waals surface area contributed by atoms with Crippen molar-refractivity contribution >= 4 is 12.2 Å². The molecule has 0 aliphatic rings. The molecule has 2 rings (SSSR count). The van der Waals surface area contributed by atoms with Crippen molar-refractivity contribution < 1.29 is 8.78 Å². The highest BCUT2D eigenvalue weighted by molar-refractivity contribution is 7.71. The Morgan fingerprint density at radius 1 is 1.28 bits per heavy atom. The maximum absolute atomic E-state index is 13.2. The van der Waals surface area contributed by atoms with E-state index in [-0.39, 0.29) is 0 Å². The number of rotatable bonds is 2. The molecule has 0 spiro atoms. The van der Waals surface area contributed by atoms with Gasteiger partial charge in [-0.3, -0.25) is 0 Å². The summed E-state index contributed by atoms with van der Waals surface area (Å²) in [5.74, 6) is -1.01. The van der Waals surface area contributed by atoms with E-state index in [1.807, 2.05) is 13.8 Å². The van der Waals surface area contributed by atoms with Crippen molar-refractivity contribution in [3.05, 3.63) is 45.9 Å². The normalized spacial score (nSPS) is 10.7. The predicted molar refractivity (Wildman–Crippen MR) is 68.9 cm³/mol. The molecule has 1 heterocycles. The van der Waals surface area contributed by atoms with E-state index in [2.05, 4.69) is 9.97 Å². The largest absolute Gasteiger partial charge is 0.343 e. The zero-order chi connectivity index (χ0) is 13.3. The summed E-state index contributed by atoms with van der Waals surface area (Å²) in [6.45, 7) is 3.75. The van der Waals surface area contributed by atoms with Gasteiger partial charge in [0.05, 0.1) is 5.69 Å². The molecule has 2 aromatic rings. The molecular formula is C13H12F2N2S. The van der Waals surface area contributed by atoms with Crippen molar-refractivity contribution in [1.29, 1.82) is 0 Å². The van der Waals surface area contributed by atoms with Gasteiger partial charge < -0.3 is 4.98 Å². The van der Waals surface area contributed by atoms with Crippen molar-refractivity contribution in [3.8, 4) is 11.3 Å². The Bertz CT molecular complexity index is 650. The molecule has 0 aliphatic carbocycles. The van der Waals surface area contributed by atoms with E-state index in [0.29, 0.717) is 22.3 Å². The maximum Gasteiger partial charge on any atom is 0.159 e. The third-order valence-corrected chi connectivity index (χ3v) is 3.14. The van der Waals surface area contributed by atoms with Crippen LogP contribution in [0.25, 0.3) is 11.3 Å². The molecular weight excluding hydrogens is 254 g/mol. The van der Waals surface area contributed by atoms with Crippen LogP contribution >= 0.6 is 12.2 Å². The van der Waals surface area contributed by atoms with Gasteiger partial charge in [0.25, 0.3) is 0 Å². The van der Waals surface area contributed by atoms with E-state index in [1.165, 1.54) is 6.07 Å². The summed E-state index contributed by atoms with van der Waals surface area (Å²) in [7, 11) is 0. The predicted octanol–water partition coefficient (Wildman–Crippen LogP) is 3.96. The van der Waals surface area contributed by atoms with Gasteiger partial charge >= 0.3 is 0 Å². The highest BCUT2D eigenvalue weighted by Gasteiger charge is 2.09. The standard InChI is InChI=1S/C13H12F2N2S/c1-3-11-16-12(7(2)13(18)17-11)8-4-5-9(14)10(15)6-8/h4-6H,3H2,1-2H3,(H,16,17,18). The van der Waals surface area contributed by atoms with E-state index in [4.69, 9.17) is 12.2 Å². The van der Waals surface area contributed by atoms with E-state index in [9.17, 15) is 8.78 Å². The number of nitrogens with one attached hydrogen (secondary N) is 1. The van der Waals surface area contributed by atoms with Crippen molar-refractivity contribution in [2.75, 3.05) is 0 Å². The summed E-state index contributed by atoms with van der Waals surface area (Å²) in [5.41, 5.74) is 2.01. The highest BCUT2D eigenvalue weighted by atomic mass is 32.1. The topological polar surface area (TPSA) is 28.7 Å². The first-order valence-electron chi connectivity index (χ1n) is 5.58. The van der Waals surface area contributed by atoms with Crippen LogP contribution in [0.15, 0.2) is 18.2 Å². The lowest BCUT2D eigenvalue weighted by atomic mass is 10.1. The third kappa shape index (κ3) is 2.31. The average molecular weight is 266 g/mol. The average Bonchev–Trinajstić information content (AvgIpc) is 2.36. The van der Waals surface area contributed by atoms with Gasteiger partial charge in [-0.1, -0.05) is 19.1 Å². The molecule has 1 aromatic carbocycles. The molecule has 0 aliphatic heterocycles. The van der Waals surface area contributed by atoms with Crippen LogP contribution in [0.2, 0.25) is 0 Å². The molecule has 0 amide bonds. The van der Waals surface area contributed by atoms with E-state index in [1.54, 1.807) is 0 Å². The SMILES string of the molecule is CCc1nc(=S)c(C)c(-c2ccc(F)c(F)c2)[nH]1. The van der Waals surface area contributed by atoms with Crippen LogP contribution in [0.1, 0.15) is 18.3 Å². The number of benzene rings is 1. The van der Waals surface area contributed by atoms with Crippen LogP contribution < -0.4 is 0 Å². The first kappa shape index (κ1) is 12.8. The van der Waals surface area contributed by atoms with Crippen molar-refractivity contribution in [1.82, 2.24) is 9.97 Å². The van der Waals surface area contributed by atoms with Gasteiger partial charge in [0, 0.05) is 17.5 Å². The molecule has 5 heteroatoms. The summed E-state index contributed by atoms with van der Waals surface area (Å²) < 4.78 is 26.6. The Hall–Kier alpha value is -1.62. The zero-order valence-electron chi connectivity index (χ0n) is 10.1. The van der Waals surface area contributed by atoms with Crippen LogP contribution in [0.5, 0.6) is 0 Å². The first-order valence-corrected chi connectivity index (χ1v) is 5.99. The molecule has 18 heavy (non-hydrogen) atoms. The fraction of sp³-hybridized carbons (Fsp3) is 0.231. The summed E-state index contributed by atoms with van der Waals surface area (Å²) in [6.07, 6.45) is 0.695. The summed E-state index contributed by atoms with van der Waals surface area (Å²) in [6, 6.07) is 3.78. The number of halogens is 2. The lowest BCUT2D eigenvalue weighted by molar-refractivity contribution is 0.509. The summed E-state index contributed by atoms with van der Waals surface area (Å²) in [5, 5.41) is 0. The molecule has 0 saturated heterocycles. The molecule has 0 radical (unpaired) electrons. The van der Waals surface area contributed by atoms with Crippen molar-refractivity contribution in [2.24, 2.45) is 0 Å². The van der Waals surface area contributed by atoms with Gasteiger partial charge in [-0.25, -0.2) is 13.8 Å². The summed E-state index contributed by atoms with van der Waals surface area (Å²) in [4.78, 5) is 7.31. The van der Waals surface area contributed by atoms with Gasteiger partial charge in [-0.2, -0.15) is 0 Å². The molecule has 1 N–H and O–H groups in total. The Kier molecular flexibility index (Phi) is 3.52. The van der Waals surface area contributed by atoms with E-state index >= 15 is 0 Å². The minimum atomic E-state index is -0.874. The number of H-pyrrole nitrogens is 1. The van der Waals surface area contributed by atoms with Gasteiger partial charge in [0.2, 0.25) is 0 Å². The monoisotopic (exact) mass is 266 g/mol. The van der Waals surface area contributed by atoms with Gasteiger partial charge in [-0.15, -0.1) is 0 Å². The number of aromatic amines is 1. The minimum absolute atomic E-state index is 0.477. The molecule has 0 fully saturated rings. The third-order valence-electron chi connectivity index (χ3n) is 2.74. The zero-order valence-corrected chi connectivity index (χ0v) is 10.9. The van der Waals surface area contributed by atoms with Crippen LogP contribution in [0.4, 0.5) is 8.78 Å². The lowest BCUT2D eigenvalue weighted by Crippen LogP contribution is -2.00. The van der Waals surface area contributed by atoms with Crippen LogP contribution in [-0.4, -0.2) is 9.97 Å². The smallest absolute Gasteiger partial charge is 0.159 e. The molecule has 2 nitrogen and oxygen atoms in total. The quantitative estimate of drug-likeness (QED) is 0.834. The van der Waals surface area contributed by atoms with Crippen LogP contribution in [-0.2, 0) is 6.42 Å². The Balaban J connectivity index is 2.66. The molecule has 94 valence electrons. The Labute approximate surface area is 109 Å². The molecule has 0 bridgehead atoms. The molecule has 0 atom stereocenters. The number of hydrogen-bond acceptors (Lipinski definition) is 2. The second-order valence-corrected chi connectivity index (χ2v) is 4.36. The van der Waals surface area contributed by atoms with Crippen molar-refractivity contribution in [2.45, 2.75) is 20.3 Å². The van der Waals surface area contributed by atoms with E-state index < -0.39 is 11.6 Å². The van der Waals surface area contributed by atoms with E-state index in [0.717, 1.165) is 23.5 Å². The Morgan fingerprint density at radius 3 is 2.61 bits per heavy atom. The molecule has 1 aromatic heterocycles. The Morgan fingerprint density at radius 2 is 2.00 bits per heavy atom.